The summed E-state index contributed by atoms with van der Waals surface area (Å²) in [5.74, 6) is 0. The van der Waals surface area contributed by atoms with Crippen molar-refractivity contribution < 1.29 is 4.74 Å². The van der Waals surface area contributed by atoms with Gasteiger partial charge in [-0.2, -0.15) is 0 Å². The van der Waals surface area contributed by atoms with Crippen LogP contribution in [0.2, 0.25) is 0 Å². The van der Waals surface area contributed by atoms with Crippen LogP contribution in [0.3, 0.4) is 0 Å². The number of hydrogen-bond acceptors (Lipinski definition) is 2. The topological polar surface area (TPSA) is 21.3 Å². The molecule has 1 N–H and O–H groups in total. The Labute approximate surface area is 123 Å². The first-order chi connectivity index (χ1) is 9.57. The van der Waals surface area contributed by atoms with Crippen LogP contribution in [-0.2, 0) is 4.74 Å². The molecule has 1 heterocycles. The minimum atomic E-state index is -0.0760. The molecule has 1 saturated heterocycles. The number of nitrogens with one attached hydrogen (secondary N) is 1. The minimum Gasteiger partial charge on any atom is -0.373 e. The van der Waals surface area contributed by atoms with E-state index in [-0.39, 0.29) is 5.60 Å². The van der Waals surface area contributed by atoms with E-state index in [4.69, 9.17) is 4.74 Å². The standard InChI is InChI=1S/C18H29NO/c1-5-11-19-17(18(4)10-6-7-12-20-18)16-9-8-14(2)13-15(16)3/h8-9,13,17,19H,5-7,10-12H2,1-4H3. The second-order valence-electron chi connectivity index (χ2n) is 6.37. The Morgan fingerprint density at radius 1 is 1.30 bits per heavy atom. The van der Waals surface area contributed by atoms with Crippen LogP contribution >= 0.6 is 0 Å². The minimum absolute atomic E-state index is 0.0760. The van der Waals surface area contributed by atoms with Crippen molar-refractivity contribution in [2.24, 2.45) is 0 Å². The molecule has 1 aromatic rings. The summed E-state index contributed by atoms with van der Waals surface area (Å²) in [5.41, 5.74) is 4.02. The summed E-state index contributed by atoms with van der Waals surface area (Å²) < 4.78 is 6.20. The average molecular weight is 275 g/mol. The van der Waals surface area contributed by atoms with Gasteiger partial charge in [-0.05, 0) is 64.1 Å². The Balaban J connectivity index is 2.30. The third-order valence-corrected chi connectivity index (χ3v) is 4.44. The highest BCUT2D eigenvalue weighted by molar-refractivity contribution is 5.34. The van der Waals surface area contributed by atoms with E-state index in [1.165, 1.54) is 29.5 Å². The van der Waals surface area contributed by atoms with Gasteiger partial charge in [0.1, 0.15) is 0 Å². The number of ether oxygens (including phenoxy) is 1. The van der Waals surface area contributed by atoms with Crippen molar-refractivity contribution in [3.8, 4) is 0 Å². The molecule has 0 saturated carbocycles. The quantitative estimate of drug-likeness (QED) is 0.865. The first kappa shape index (κ1) is 15.5. The lowest BCUT2D eigenvalue weighted by molar-refractivity contribution is -0.0898. The summed E-state index contributed by atoms with van der Waals surface area (Å²) in [6.07, 6.45) is 4.76. The van der Waals surface area contributed by atoms with Gasteiger partial charge in [0.05, 0.1) is 11.6 Å². The van der Waals surface area contributed by atoms with Gasteiger partial charge in [0, 0.05) is 6.61 Å². The predicted molar refractivity (Wildman–Crippen MR) is 85.2 cm³/mol. The fourth-order valence-electron chi connectivity index (χ4n) is 3.28. The number of hydrogen-bond donors (Lipinski definition) is 1. The largest absolute Gasteiger partial charge is 0.373 e. The zero-order valence-corrected chi connectivity index (χ0v) is 13.5. The SMILES string of the molecule is CCCNC(c1ccc(C)cc1C)C1(C)CCCCO1. The van der Waals surface area contributed by atoms with Crippen molar-refractivity contribution >= 4 is 0 Å². The number of rotatable bonds is 5. The number of benzene rings is 1. The van der Waals surface area contributed by atoms with Gasteiger partial charge in [0.2, 0.25) is 0 Å². The van der Waals surface area contributed by atoms with Crippen molar-refractivity contribution in [3.05, 3.63) is 34.9 Å². The highest BCUT2D eigenvalue weighted by Crippen LogP contribution is 2.37. The monoisotopic (exact) mass is 275 g/mol. The van der Waals surface area contributed by atoms with E-state index in [2.05, 4.69) is 51.2 Å². The first-order valence-corrected chi connectivity index (χ1v) is 8.01. The molecule has 0 bridgehead atoms. The summed E-state index contributed by atoms with van der Waals surface area (Å²) in [6, 6.07) is 7.07. The fraction of sp³-hybridized carbons (Fsp3) is 0.667. The van der Waals surface area contributed by atoms with Gasteiger partial charge in [0.25, 0.3) is 0 Å². The van der Waals surface area contributed by atoms with Crippen LogP contribution in [0.4, 0.5) is 0 Å². The van der Waals surface area contributed by atoms with Gasteiger partial charge in [-0.15, -0.1) is 0 Å². The smallest absolute Gasteiger partial charge is 0.0848 e. The Bertz CT molecular complexity index is 435. The third kappa shape index (κ3) is 3.42. The van der Waals surface area contributed by atoms with Crippen molar-refractivity contribution in [2.75, 3.05) is 13.2 Å². The molecule has 2 nitrogen and oxygen atoms in total. The zero-order chi connectivity index (χ0) is 14.6. The number of aryl methyl sites for hydroxylation is 2. The van der Waals surface area contributed by atoms with Crippen LogP contribution in [0.25, 0.3) is 0 Å². The van der Waals surface area contributed by atoms with Crippen LogP contribution < -0.4 is 5.32 Å². The molecule has 2 heteroatoms. The zero-order valence-electron chi connectivity index (χ0n) is 13.5. The molecule has 0 aliphatic carbocycles. The Morgan fingerprint density at radius 3 is 2.70 bits per heavy atom. The maximum atomic E-state index is 6.20. The predicted octanol–water partition coefficient (Wildman–Crippen LogP) is 4.30. The Morgan fingerprint density at radius 2 is 2.10 bits per heavy atom. The molecule has 1 aliphatic heterocycles. The van der Waals surface area contributed by atoms with E-state index in [1.54, 1.807) is 0 Å². The molecule has 1 fully saturated rings. The van der Waals surface area contributed by atoms with Crippen LogP contribution in [0, 0.1) is 13.8 Å². The highest BCUT2D eigenvalue weighted by atomic mass is 16.5. The van der Waals surface area contributed by atoms with Gasteiger partial charge in [-0.3, -0.25) is 0 Å². The van der Waals surface area contributed by atoms with Gasteiger partial charge in [0.15, 0.2) is 0 Å². The lowest BCUT2D eigenvalue weighted by Crippen LogP contribution is -2.46. The van der Waals surface area contributed by atoms with Crippen molar-refractivity contribution in [3.63, 3.8) is 0 Å². The molecule has 1 aromatic carbocycles. The van der Waals surface area contributed by atoms with Gasteiger partial charge >= 0.3 is 0 Å². The molecule has 112 valence electrons. The summed E-state index contributed by atoms with van der Waals surface area (Å²) in [6.45, 7) is 10.8. The Kier molecular flexibility index (Phi) is 5.22. The van der Waals surface area contributed by atoms with Gasteiger partial charge < -0.3 is 10.1 Å². The highest BCUT2D eigenvalue weighted by Gasteiger charge is 2.38. The second-order valence-corrected chi connectivity index (χ2v) is 6.37. The van der Waals surface area contributed by atoms with Gasteiger partial charge in [-0.1, -0.05) is 30.7 Å². The molecule has 1 aliphatic rings. The van der Waals surface area contributed by atoms with Crippen molar-refractivity contribution in [1.82, 2.24) is 5.32 Å². The van der Waals surface area contributed by atoms with Crippen LogP contribution in [0.15, 0.2) is 18.2 Å². The van der Waals surface area contributed by atoms with E-state index in [0.29, 0.717) is 6.04 Å². The summed E-state index contributed by atoms with van der Waals surface area (Å²) >= 11 is 0. The summed E-state index contributed by atoms with van der Waals surface area (Å²) in [4.78, 5) is 0. The molecule has 2 rings (SSSR count). The van der Waals surface area contributed by atoms with E-state index in [1.807, 2.05) is 0 Å². The van der Waals surface area contributed by atoms with Crippen LogP contribution in [-0.4, -0.2) is 18.8 Å². The molecule has 0 radical (unpaired) electrons. The molecular weight excluding hydrogens is 246 g/mol. The third-order valence-electron chi connectivity index (χ3n) is 4.44. The van der Waals surface area contributed by atoms with Crippen molar-refractivity contribution in [2.45, 2.75) is 65.0 Å². The van der Waals surface area contributed by atoms with E-state index < -0.39 is 0 Å². The molecule has 0 amide bonds. The maximum absolute atomic E-state index is 6.20. The summed E-state index contributed by atoms with van der Waals surface area (Å²) in [7, 11) is 0. The maximum Gasteiger partial charge on any atom is 0.0848 e. The fourth-order valence-corrected chi connectivity index (χ4v) is 3.28. The molecule has 20 heavy (non-hydrogen) atoms. The Hall–Kier alpha value is -0.860. The lowest BCUT2D eigenvalue weighted by Gasteiger charge is -2.42. The van der Waals surface area contributed by atoms with Crippen LogP contribution in [0.5, 0.6) is 0 Å². The van der Waals surface area contributed by atoms with Crippen molar-refractivity contribution in [1.29, 1.82) is 0 Å². The van der Waals surface area contributed by atoms with E-state index in [9.17, 15) is 0 Å². The average Bonchev–Trinajstić information content (AvgIpc) is 2.42. The molecule has 2 unspecified atom stereocenters. The lowest BCUT2D eigenvalue weighted by atomic mass is 9.82. The summed E-state index contributed by atoms with van der Waals surface area (Å²) in [5, 5.41) is 3.73. The van der Waals surface area contributed by atoms with E-state index >= 15 is 0 Å². The molecule has 0 aromatic heterocycles. The van der Waals surface area contributed by atoms with E-state index in [0.717, 1.165) is 26.0 Å². The molecule has 0 spiro atoms. The molecule has 2 atom stereocenters. The normalized spacial score (nSPS) is 24.6. The van der Waals surface area contributed by atoms with Gasteiger partial charge in [-0.25, -0.2) is 0 Å². The molecular formula is C18H29NO. The van der Waals surface area contributed by atoms with Crippen LogP contribution in [0.1, 0.15) is 62.3 Å². The second kappa shape index (κ2) is 6.73. The first-order valence-electron chi connectivity index (χ1n) is 8.01.